The Morgan fingerprint density at radius 1 is 1.17 bits per heavy atom. The Kier molecular flexibility index (Phi) is 10.1. The van der Waals surface area contributed by atoms with E-state index in [0.717, 1.165) is 44.1 Å². The molecule has 0 aliphatic rings. The van der Waals surface area contributed by atoms with Crippen molar-refractivity contribution < 1.29 is 0 Å². The molecule has 0 atom stereocenters. The molecule has 2 aromatic rings. The van der Waals surface area contributed by atoms with Crippen LogP contribution in [0, 0.1) is 6.92 Å². The second-order valence-corrected chi connectivity index (χ2v) is 5.54. The highest BCUT2D eigenvalue weighted by Gasteiger charge is 2.00. The Labute approximate surface area is 161 Å². The summed E-state index contributed by atoms with van der Waals surface area (Å²) in [6, 6.07) is 8.48. The summed E-state index contributed by atoms with van der Waals surface area (Å²) in [5, 5.41) is 13.4. The monoisotopic (exact) mass is 442 g/mol. The van der Waals surface area contributed by atoms with Crippen molar-refractivity contribution in [1.29, 1.82) is 0 Å². The van der Waals surface area contributed by atoms with Crippen LogP contribution in [0.15, 0.2) is 35.6 Å². The van der Waals surface area contributed by atoms with Crippen molar-refractivity contribution in [3.8, 4) is 0 Å². The molecule has 24 heavy (non-hydrogen) atoms. The number of halogens is 1. The fraction of sp³-hybridized carbons (Fsp3) is 0.471. The number of hydrogen-bond donors (Lipinski definition) is 3. The molecule has 0 spiro atoms. The lowest BCUT2D eigenvalue weighted by Gasteiger charge is -2.12. The predicted octanol–water partition coefficient (Wildman–Crippen LogP) is 2.81. The molecular weight excluding hydrogens is 415 g/mol. The first-order valence-corrected chi connectivity index (χ1v) is 8.20. The van der Waals surface area contributed by atoms with Crippen molar-refractivity contribution in [2.45, 2.75) is 39.7 Å². The standard InChI is InChI=1S/C17H26N6.HI/c1-3-4-10-18-17(19-11-9-16-21-13-22-23-16)20-12-15-7-5-14(2)6-8-15;/h5-8,13H,3-4,9-12H2,1-2H3,(H2,18,19,20)(H,21,22,23);1H. The number of benzene rings is 1. The van der Waals surface area contributed by atoms with Crippen LogP contribution in [0.4, 0.5) is 0 Å². The van der Waals surface area contributed by atoms with Crippen molar-refractivity contribution in [2.75, 3.05) is 13.1 Å². The quantitative estimate of drug-likeness (QED) is 0.254. The summed E-state index contributed by atoms with van der Waals surface area (Å²) in [7, 11) is 0. The minimum Gasteiger partial charge on any atom is -0.356 e. The number of H-pyrrole nitrogens is 1. The Balaban J connectivity index is 0.00000288. The fourth-order valence-corrected chi connectivity index (χ4v) is 2.07. The average Bonchev–Trinajstić information content (AvgIpc) is 3.07. The molecule has 132 valence electrons. The molecule has 0 unspecified atom stereocenters. The van der Waals surface area contributed by atoms with E-state index in [1.54, 1.807) is 0 Å². The number of unbranched alkanes of at least 4 members (excludes halogenated alkanes) is 1. The molecule has 0 fully saturated rings. The lowest BCUT2D eigenvalue weighted by atomic mass is 10.1. The number of aromatic amines is 1. The van der Waals surface area contributed by atoms with E-state index < -0.39 is 0 Å². The van der Waals surface area contributed by atoms with Gasteiger partial charge in [0.1, 0.15) is 12.2 Å². The molecule has 0 radical (unpaired) electrons. The van der Waals surface area contributed by atoms with Gasteiger partial charge in [-0.2, -0.15) is 5.10 Å². The zero-order valence-corrected chi connectivity index (χ0v) is 16.7. The number of guanidine groups is 1. The molecule has 0 aliphatic carbocycles. The van der Waals surface area contributed by atoms with Crippen LogP contribution in [0.3, 0.4) is 0 Å². The lowest BCUT2D eigenvalue weighted by molar-refractivity contribution is 0.717. The van der Waals surface area contributed by atoms with Crippen LogP contribution >= 0.6 is 24.0 Å². The molecule has 7 heteroatoms. The number of rotatable bonds is 8. The maximum Gasteiger partial charge on any atom is 0.191 e. The third-order valence-electron chi connectivity index (χ3n) is 3.48. The van der Waals surface area contributed by atoms with Crippen molar-refractivity contribution in [3.63, 3.8) is 0 Å². The normalized spacial score (nSPS) is 11.0. The van der Waals surface area contributed by atoms with Gasteiger partial charge < -0.3 is 10.6 Å². The van der Waals surface area contributed by atoms with Crippen molar-refractivity contribution in [2.24, 2.45) is 4.99 Å². The third-order valence-corrected chi connectivity index (χ3v) is 3.48. The molecule has 6 nitrogen and oxygen atoms in total. The summed E-state index contributed by atoms with van der Waals surface area (Å²) < 4.78 is 0. The largest absolute Gasteiger partial charge is 0.356 e. The van der Waals surface area contributed by atoms with Crippen LogP contribution in [0.5, 0.6) is 0 Å². The Morgan fingerprint density at radius 3 is 2.58 bits per heavy atom. The van der Waals surface area contributed by atoms with Gasteiger partial charge in [-0.3, -0.25) is 5.10 Å². The minimum atomic E-state index is 0. The second-order valence-electron chi connectivity index (χ2n) is 5.54. The first kappa shape index (κ1) is 20.4. The Hall–Kier alpha value is -1.64. The van der Waals surface area contributed by atoms with E-state index in [1.165, 1.54) is 17.5 Å². The molecule has 1 aromatic heterocycles. The molecule has 0 saturated carbocycles. The summed E-state index contributed by atoms with van der Waals surface area (Å²) in [4.78, 5) is 8.79. The molecule has 0 amide bonds. The molecule has 1 aromatic carbocycles. The number of nitrogens with one attached hydrogen (secondary N) is 3. The molecule has 3 N–H and O–H groups in total. The third kappa shape index (κ3) is 7.76. The van der Waals surface area contributed by atoms with Gasteiger partial charge in [-0.1, -0.05) is 43.2 Å². The SMILES string of the molecule is CCCCNC(=NCc1ccc(C)cc1)NCCc1ncn[nH]1.I. The van der Waals surface area contributed by atoms with Crippen LogP contribution in [0.1, 0.15) is 36.7 Å². The second kappa shape index (κ2) is 11.8. The summed E-state index contributed by atoms with van der Waals surface area (Å²) in [6.45, 7) is 6.64. The summed E-state index contributed by atoms with van der Waals surface area (Å²) in [6.07, 6.45) is 4.61. The zero-order valence-electron chi connectivity index (χ0n) is 14.4. The predicted molar refractivity (Wildman–Crippen MR) is 109 cm³/mol. The first-order valence-electron chi connectivity index (χ1n) is 8.20. The molecule has 0 saturated heterocycles. The van der Waals surface area contributed by atoms with Gasteiger partial charge >= 0.3 is 0 Å². The zero-order chi connectivity index (χ0) is 16.3. The van der Waals surface area contributed by atoms with Gasteiger partial charge in [0.05, 0.1) is 6.54 Å². The maximum atomic E-state index is 4.66. The average molecular weight is 442 g/mol. The van der Waals surface area contributed by atoms with Crippen molar-refractivity contribution in [3.05, 3.63) is 47.5 Å². The van der Waals surface area contributed by atoms with Gasteiger partial charge in [0, 0.05) is 19.5 Å². The van der Waals surface area contributed by atoms with Crippen LogP contribution in [-0.2, 0) is 13.0 Å². The number of aliphatic imine (C=N–C) groups is 1. The number of hydrogen-bond acceptors (Lipinski definition) is 3. The van der Waals surface area contributed by atoms with E-state index in [2.05, 4.69) is 68.9 Å². The molecule has 2 rings (SSSR count). The topological polar surface area (TPSA) is 78.0 Å². The minimum absolute atomic E-state index is 0. The fourth-order valence-electron chi connectivity index (χ4n) is 2.07. The first-order chi connectivity index (χ1) is 11.3. The van der Waals surface area contributed by atoms with E-state index >= 15 is 0 Å². The van der Waals surface area contributed by atoms with Crippen molar-refractivity contribution >= 4 is 29.9 Å². The highest BCUT2D eigenvalue weighted by atomic mass is 127. The highest BCUT2D eigenvalue weighted by Crippen LogP contribution is 2.04. The Morgan fingerprint density at radius 2 is 1.92 bits per heavy atom. The molecular formula is C17H27IN6. The molecule has 1 heterocycles. The number of nitrogens with zero attached hydrogens (tertiary/aromatic N) is 3. The smallest absolute Gasteiger partial charge is 0.191 e. The van der Waals surface area contributed by atoms with E-state index in [9.17, 15) is 0 Å². The van der Waals surface area contributed by atoms with E-state index in [4.69, 9.17) is 0 Å². The number of aryl methyl sites for hydroxylation is 1. The van der Waals surface area contributed by atoms with Crippen LogP contribution in [0.25, 0.3) is 0 Å². The van der Waals surface area contributed by atoms with E-state index in [1.807, 2.05) is 0 Å². The lowest BCUT2D eigenvalue weighted by Crippen LogP contribution is -2.39. The van der Waals surface area contributed by atoms with Crippen LogP contribution < -0.4 is 10.6 Å². The van der Waals surface area contributed by atoms with E-state index in [0.29, 0.717) is 6.54 Å². The van der Waals surface area contributed by atoms with Gasteiger partial charge in [-0.15, -0.1) is 24.0 Å². The molecule has 0 bridgehead atoms. The summed E-state index contributed by atoms with van der Waals surface area (Å²) >= 11 is 0. The van der Waals surface area contributed by atoms with Gasteiger partial charge in [-0.05, 0) is 18.9 Å². The van der Waals surface area contributed by atoms with E-state index in [-0.39, 0.29) is 24.0 Å². The van der Waals surface area contributed by atoms with Gasteiger partial charge in [0.25, 0.3) is 0 Å². The highest BCUT2D eigenvalue weighted by molar-refractivity contribution is 14.0. The summed E-state index contributed by atoms with van der Waals surface area (Å²) in [5.41, 5.74) is 2.48. The van der Waals surface area contributed by atoms with Crippen LogP contribution in [0.2, 0.25) is 0 Å². The van der Waals surface area contributed by atoms with Crippen LogP contribution in [-0.4, -0.2) is 34.2 Å². The molecule has 0 aliphatic heterocycles. The van der Waals surface area contributed by atoms with Gasteiger partial charge in [0.2, 0.25) is 0 Å². The maximum absolute atomic E-state index is 4.66. The van der Waals surface area contributed by atoms with Crippen molar-refractivity contribution in [1.82, 2.24) is 25.8 Å². The summed E-state index contributed by atoms with van der Waals surface area (Å²) in [5.74, 6) is 1.72. The van der Waals surface area contributed by atoms with Gasteiger partial charge in [0.15, 0.2) is 5.96 Å². The Bertz CT molecular complexity index is 580. The van der Waals surface area contributed by atoms with Gasteiger partial charge in [-0.25, -0.2) is 9.98 Å². The number of aromatic nitrogens is 3.